The monoisotopic (exact) mass is 482 g/mol. The van der Waals surface area contributed by atoms with Crippen molar-refractivity contribution in [2.75, 3.05) is 30.0 Å². The normalized spacial score (nSPS) is 19.5. The molecule has 2 aromatic rings. The van der Waals surface area contributed by atoms with Crippen molar-refractivity contribution in [3.63, 3.8) is 0 Å². The van der Waals surface area contributed by atoms with Gasteiger partial charge in [-0.15, -0.1) is 0 Å². The van der Waals surface area contributed by atoms with Gasteiger partial charge < -0.3 is 20.7 Å². The summed E-state index contributed by atoms with van der Waals surface area (Å²) in [5.41, 5.74) is 6.11. The smallest absolute Gasteiger partial charge is 0.152 e. The molecule has 2 N–H and O–H groups in total. The predicted octanol–water partition coefficient (Wildman–Crippen LogP) is -0.425. The maximum atomic E-state index is 11.7. The van der Waals surface area contributed by atoms with Crippen molar-refractivity contribution in [1.82, 2.24) is 20.2 Å². The van der Waals surface area contributed by atoms with Crippen molar-refractivity contribution in [2.45, 2.75) is 18.1 Å². The van der Waals surface area contributed by atoms with Gasteiger partial charge in [0.2, 0.25) is 0 Å². The average Bonchev–Trinajstić information content (AvgIpc) is 2.85. The topological polar surface area (TPSA) is 116 Å². The maximum absolute atomic E-state index is 11.7. The third-order valence-corrected chi connectivity index (χ3v) is 5.14. The number of rotatable bonds is 2. The summed E-state index contributed by atoms with van der Waals surface area (Å²) in [6.45, 7) is 1.15. The summed E-state index contributed by atoms with van der Waals surface area (Å²) >= 11 is 0. The molecule has 1 unspecified atom stereocenters. The number of aromatic nitrogens is 4. The van der Waals surface area contributed by atoms with Gasteiger partial charge in [0.15, 0.2) is 9.84 Å². The predicted molar refractivity (Wildman–Crippen MR) is 75.1 cm³/mol. The van der Waals surface area contributed by atoms with Gasteiger partial charge in [-0.2, -0.15) is 0 Å². The molecule has 0 saturated carbocycles. The van der Waals surface area contributed by atoms with E-state index >= 15 is 0 Å². The first-order chi connectivity index (χ1) is 9.45. The van der Waals surface area contributed by atoms with E-state index in [1.807, 2.05) is 4.90 Å². The first-order valence-corrected chi connectivity index (χ1v) is 8.26. The van der Waals surface area contributed by atoms with Gasteiger partial charge in [0.05, 0.1) is 5.25 Å². The molecule has 1 aliphatic rings. The van der Waals surface area contributed by atoms with Crippen LogP contribution in [0.3, 0.4) is 0 Å². The van der Waals surface area contributed by atoms with E-state index in [2.05, 4.69) is 20.2 Å². The van der Waals surface area contributed by atoms with Crippen molar-refractivity contribution in [3.05, 3.63) is 6.20 Å². The fraction of sp³-hybridized carbons (Fsp3) is 0.545. The molecule has 8 nitrogen and oxygen atoms in total. The van der Waals surface area contributed by atoms with E-state index in [4.69, 9.17) is 5.73 Å². The van der Waals surface area contributed by atoms with Crippen molar-refractivity contribution in [1.29, 1.82) is 0 Å². The molecular weight excluding hydrogens is 466 g/mol. The molecule has 21 heavy (non-hydrogen) atoms. The summed E-state index contributed by atoms with van der Waals surface area (Å²) < 4.78 is 23.5. The Hall–Kier alpha value is -1.24. The largest absolute Gasteiger partial charge is 0.403 e. The van der Waals surface area contributed by atoms with Crippen LogP contribution in [0.5, 0.6) is 0 Å². The van der Waals surface area contributed by atoms with Gasteiger partial charge >= 0.3 is 0 Å². The number of nitrogens with zero attached hydrogens (tertiary/aromatic N) is 5. The number of fused-ring (bicyclic) bond motifs is 1. The van der Waals surface area contributed by atoms with E-state index in [-0.39, 0.29) is 31.6 Å². The molecule has 10 heteroatoms. The molecule has 0 spiro atoms. The first kappa shape index (κ1) is 16.1. The SMILES string of the molecule is CS(=O)(=O)C1CCCN(c2nc(N)nc3[n-]ncc23)C1.[Re]. The molecule has 0 bridgehead atoms. The molecule has 1 saturated heterocycles. The number of anilines is 2. The van der Waals surface area contributed by atoms with Crippen LogP contribution < -0.4 is 15.7 Å². The summed E-state index contributed by atoms with van der Waals surface area (Å²) in [6, 6.07) is 0. The van der Waals surface area contributed by atoms with Gasteiger partial charge in [0, 0.05) is 51.4 Å². The molecule has 3 heterocycles. The number of hydrogen-bond acceptors (Lipinski definition) is 7. The van der Waals surface area contributed by atoms with E-state index in [0.717, 1.165) is 13.0 Å². The third kappa shape index (κ3) is 3.17. The zero-order chi connectivity index (χ0) is 14.3. The van der Waals surface area contributed by atoms with Gasteiger partial charge in [-0.05, 0) is 18.5 Å². The third-order valence-electron chi connectivity index (χ3n) is 3.55. The van der Waals surface area contributed by atoms with Crippen LogP contribution in [0.15, 0.2) is 6.20 Å². The zero-order valence-electron chi connectivity index (χ0n) is 11.4. The fourth-order valence-electron chi connectivity index (χ4n) is 2.52. The van der Waals surface area contributed by atoms with Crippen LogP contribution in [-0.4, -0.2) is 48.1 Å². The molecule has 115 valence electrons. The molecule has 3 rings (SSSR count). The molecule has 0 aromatic carbocycles. The summed E-state index contributed by atoms with van der Waals surface area (Å²) in [7, 11) is -3.06. The summed E-state index contributed by atoms with van der Waals surface area (Å²) in [6.07, 6.45) is 4.33. The molecule has 0 aliphatic carbocycles. The number of nitrogen functional groups attached to an aromatic ring is 1. The molecule has 2 aromatic heterocycles. The van der Waals surface area contributed by atoms with Gasteiger partial charge in [-0.25, -0.2) is 13.4 Å². The molecule has 1 fully saturated rings. The van der Waals surface area contributed by atoms with Crippen molar-refractivity contribution in [3.8, 4) is 0 Å². The van der Waals surface area contributed by atoms with Crippen LogP contribution in [0.4, 0.5) is 11.8 Å². The van der Waals surface area contributed by atoms with Crippen molar-refractivity contribution < 1.29 is 28.8 Å². The fourth-order valence-corrected chi connectivity index (χ4v) is 3.56. The average molecular weight is 482 g/mol. The molecule has 0 amide bonds. The quantitative estimate of drug-likeness (QED) is 0.615. The Kier molecular flexibility index (Phi) is 4.51. The first-order valence-electron chi connectivity index (χ1n) is 6.30. The number of sulfone groups is 1. The minimum Gasteiger partial charge on any atom is -0.403 e. The maximum Gasteiger partial charge on any atom is 0.152 e. The Morgan fingerprint density at radius 2 is 2.19 bits per heavy atom. The zero-order valence-corrected chi connectivity index (χ0v) is 14.9. The van der Waals surface area contributed by atoms with E-state index in [1.165, 1.54) is 6.26 Å². The molecule has 1 atom stereocenters. The van der Waals surface area contributed by atoms with E-state index in [0.29, 0.717) is 29.8 Å². The van der Waals surface area contributed by atoms with Crippen LogP contribution in [0, 0.1) is 0 Å². The Morgan fingerprint density at radius 1 is 1.43 bits per heavy atom. The number of nitrogens with two attached hydrogens (primary N) is 1. The van der Waals surface area contributed by atoms with E-state index in [9.17, 15) is 8.42 Å². The Morgan fingerprint density at radius 3 is 2.90 bits per heavy atom. The number of hydrogen-bond donors (Lipinski definition) is 1. The molecule has 1 radical (unpaired) electrons. The van der Waals surface area contributed by atoms with Gasteiger partial charge in [-0.1, -0.05) is 0 Å². The van der Waals surface area contributed by atoms with Crippen molar-refractivity contribution in [2.24, 2.45) is 0 Å². The minimum atomic E-state index is -3.06. The standard InChI is InChI=1S/C11H15N6O2S.Re/c1-20(18,19)7-3-2-4-17(6-7)10-8-5-13-16-9(8)14-11(12)15-10;/h5,7H,2-4,6H2,1H3,(H2-,12,13,14,15,16);/q-1;. The van der Waals surface area contributed by atoms with E-state index < -0.39 is 9.84 Å². The summed E-state index contributed by atoms with van der Waals surface area (Å²) in [4.78, 5) is 10.2. The van der Waals surface area contributed by atoms with Crippen LogP contribution in [0.1, 0.15) is 12.8 Å². The van der Waals surface area contributed by atoms with Crippen LogP contribution >= 0.6 is 0 Å². The summed E-state index contributed by atoms with van der Waals surface area (Å²) in [5.74, 6) is 0.736. The van der Waals surface area contributed by atoms with Gasteiger partial charge in [0.1, 0.15) is 11.8 Å². The van der Waals surface area contributed by atoms with E-state index in [1.54, 1.807) is 6.20 Å². The van der Waals surface area contributed by atoms with Crippen LogP contribution in [0.25, 0.3) is 11.0 Å². The molecular formula is C11H15N6O2ReS-. The summed E-state index contributed by atoms with van der Waals surface area (Å²) in [5, 5.41) is 8.02. The molecule has 1 aliphatic heterocycles. The number of piperidine rings is 1. The second kappa shape index (κ2) is 5.87. The second-order valence-corrected chi connectivity index (χ2v) is 7.35. The van der Waals surface area contributed by atoms with Gasteiger partial charge in [0.25, 0.3) is 0 Å². The Labute approximate surface area is 136 Å². The second-order valence-electron chi connectivity index (χ2n) is 5.03. The Bertz CT molecular complexity index is 746. The van der Waals surface area contributed by atoms with Crippen LogP contribution in [-0.2, 0) is 30.3 Å². The van der Waals surface area contributed by atoms with Crippen LogP contribution in [0.2, 0.25) is 0 Å². The minimum absolute atomic E-state index is 0. The van der Waals surface area contributed by atoms with Crippen molar-refractivity contribution >= 4 is 32.6 Å². The van der Waals surface area contributed by atoms with Gasteiger partial charge in [-0.3, -0.25) is 5.10 Å². The Balaban J connectivity index is 0.00000161.